The number of amides is 1. The fourth-order valence-electron chi connectivity index (χ4n) is 3.31. The molecule has 0 fully saturated rings. The lowest BCUT2D eigenvalue weighted by Crippen LogP contribution is -2.38. The molecule has 0 saturated carbocycles. The van der Waals surface area contributed by atoms with E-state index >= 15 is 0 Å². The minimum Gasteiger partial charge on any atom is -0.376 e. The second-order valence-corrected chi connectivity index (χ2v) is 6.99. The molecule has 142 valence electrons. The summed E-state index contributed by atoms with van der Waals surface area (Å²) in [7, 11) is 0. The molecule has 0 atom stereocenters. The lowest BCUT2D eigenvalue weighted by atomic mass is 10.1. The van der Waals surface area contributed by atoms with Crippen molar-refractivity contribution in [2.45, 2.75) is 20.8 Å². The van der Waals surface area contributed by atoms with Crippen LogP contribution in [0.15, 0.2) is 46.7 Å². The summed E-state index contributed by atoms with van der Waals surface area (Å²) in [6.45, 7) is 5.50. The molecule has 2 aliphatic heterocycles. The molecule has 3 heterocycles. The molecule has 0 radical (unpaired) electrons. The van der Waals surface area contributed by atoms with Crippen LogP contribution in [-0.4, -0.2) is 27.2 Å². The maximum Gasteiger partial charge on any atom is 0.282 e. The summed E-state index contributed by atoms with van der Waals surface area (Å²) in [5, 5.41) is 9.58. The quantitative estimate of drug-likeness (QED) is 0.765. The molecule has 6 nitrogen and oxygen atoms in total. The highest BCUT2D eigenvalue weighted by Gasteiger charge is 2.34. The smallest absolute Gasteiger partial charge is 0.282 e. The molecule has 1 aromatic carbocycles. The minimum atomic E-state index is -0.500. The van der Waals surface area contributed by atoms with E-state index in [2.05, 4.69) is 4.99 Å². The number of amidine groups is 2. The minimum absolute atomic E-state index is 0.0325. The largest absolute Gasteiger partial charge is 0.376 e. The number of benzene rings is 1. The number of halogens is 2. The van der Waals surface area contributed by atoms with Gasteiger partial charge < -0.3 is 9.40 Å². The number of aryl methyl sites for hydroxylation is 1. The van der Waals surface area contributed by atoms with Gasteiger partial charge in [0, 0.05) is 23.2 Å². The monoisotopic (exact) mass is 398 g/mol. The Morgan fingerprint density at radius 3 is 2.71 bits per heavy atom. The van der Waals surface area contributed by atoms with Crippen LogP contribution in [0.2, 0.25) is 5.02 Å². The predicted molar refractivity (Wildman–Crippen MR) is 105 cm³/mol. The van der Waals surface area contributed by atoms with E-state index in [4.69, 9.17) is 21.8 Å². The van der Waals surface area contributed by atoms with Gasteiger partial charge in [-0.25, -0.2) is 4.39 Å². The van der Waals surface area contributed by atoms with E-state index < -0.39 is 11.7 Å². The number of allylic oxidation sites excluding steroid dienone is 1. The number of aliphatic imine (C=N–C) groups is 1. The fraction of sp³-hybridized carbons (Fsp3) is 0.150. The first kappa shape index (κ1) is 18.2. The normalized spacial score (nSPS) is 17.6. The van der Waals surface area contributed by atoms with Gasteiger partial charge in [-0.15, -0.1) is 5.06 Å². The van der Waals surface area contributed by atoms with Gasteiger partial charge >= 0.3 is 0 Å². The van der Waals surface area contributed by atoms with Gasteiger partial charge in [0.2, 0.25) is 0 Å². The van der Waals surface area contributed by atoms with Crippen molar-refractivity contribution in [1.29, 1.82) is 5.41 Å². The zero-order valence-corrected chi connectivity index (χ0v) is 16.1. The maximum atomic E-state index is 13.5. The molecule has 2 aromatic rings. The standard InChI is InChI=1S/C20H16ClFN4O2/c1-10-6-13(12(3)25(10)14-4-5-17(22)16(21)9-14)8-15-19(23)26-18(24-20(15)27)7-11(2)28-26/h4-9,23H,1-3H3/b15-8-,23-19?. The Hall–Kier alpha value is -3.19. The van der Waals surface area contributed by atoms with E-state index in [1.165, 1.54) is 11.1 Å². The molecule has 1 aromatic heterocycles. The summed E-state index contributed by atoms with van der Waals surface area (Å²) < 4.78 is 15.4. The maximum absolute atomic E-state index is 13.5. The second kappa shape index (κ2) is 6.45. The van der Waals surface area contributed by atoms with Crippen molar-refractivity contribution < 1.29 is 14.0 Å². The number of aromatic nitrogens is 1. The zero-order chi connectivity index (χ0) is 20.2. The zero-order valence-electron chi connectivity index (χ0n) is 15.4. The van der Waals surface area contributed by atoms with E-state index in [-0.39, 0.29) is 16.4 Å². The highest BCUT2D eigenvalue weighted by Crippen LogP contribution is 2.28. The van der Waals surface area contributed by atoms with E-state index in [0.717, 1.165) is 17.0 Å². The van der Waals surface area contributed by atoms with Gasteiger partial charge in [0.25, 0.3) is 5.91 Å². The number of hydrogen-bond acceptors (Lipinski definition) is 3. The van der Waals surface area contributed by atoms with Crippen molar-refractivity contribution in [2.75, 3.05) is 0 Å². The van der Waals surface area contributed by atoms with Gasteiger partial charge in [0.05, 0.1) is 10.6 Å². The molecule has 4 rings (SSSR count). The van der Waals surface area contributed by atoms with Crippen molar-refractivity contribution in [3.63, 3.8) is 0 Å². The Labute approximate surface area is 165 Å². The van der Waals surface area contributed by atoms with Crippen molar-refractivity contribution in [3.05, 3.63) is 69.5 Å². The van der Waals surface area contributed by atoms with Gasteiger partial charge in [0.1, 0.15) is 11.6 Å². The lowest BCUT2D eigenvalue weighted by Gasteiger charge is -2.22. The van der Waals surface area contributed by atoms with Gasteiger partial charge in [-0.3, -0.25) is 10.2 Å². The topological polar surface area (TPSA) is 70.7 Å². The molecule has 2 aliphatic rings. The number of carbonyl (C=O) groups is 1. The third-order valence-corrected chi connectivity index (χ3v) is 4.90. The molecule has 28 heavy (non-hydrogen) atoms. The highest BCUT2D eigenvalue weighted by molar-refractivity contribution is 6.32. The Bertz CT molecular complexity index is 1140. The summed E-state index contributed by atoms with van der Waals surface area (Å²) >= 11 is 5.92. The first-order valence-corrected chi connectivity index (χ1v) is 8.88. The van der Waals surface area contributed by atoms with Crippen molar-refractivity contribution in [2.24, 2.45) is 4.99 Å². The molecular formula is C20H16ClFN4O2. The number of hydroxylamine groups is 2. The van der Waals surface area contributed by atoms with Crippen LogP contribution in [0.25, 0.3) is 11.8 Å². The highest BCUT2D eigenvalue weighted by atomic mass is 35.5. The van der Waals surface area contributed by atoms with Crippen LogP contribution in [0.5, 0.6) is 0 Å². The molecule has 0 saturated heterocycles. The van der Waals surface area contributed by atoms with Crippen LogP contribution >= 0.6 is 11.6 Å². The number of fused-ring (bicyclic) bond motifs is 1. The van der Waals surface area contributed by atoms with Crippen molar-refractivity contribution >= 4 is 35.3 Å². The molecule has 8 heteroatoms. The second-order valence-electron chi connectivity index (χ2n) is 6.58. The average molecular weight is 399 g/mol. The van der Waals surface area contributed by atoms with Gasteiger partial charge in [0.15, 0.2) is 11.7 Å². The van der Waals surface area contributed by atoms with Gasteiger partial charge in [-0.2, -0.15) is 4.99 Å². The number of hydrogen-bond donors (Lipinski definition) is 1. The van der Waals surface area contributed by atoms with Crippen LogP contribution in [0.1, 0.15) is 23.9 Å². The van der Waals surface area contributed by atoms with E-state index in [1.807, 2.05) is 24.5 Å². The summed E-state index contributed by atoms with van der Waals surface area (Å²) in [6.07, 6.45) is 3.22. The first-order chi connectivity index (χ1) is 13.3. The molecule has 0 aliphatic carbocycles. The van der Waals surface area contributed by atoms with E-state index in [0.29, 0.717) is 17.3 Å². The number of carbonyl (C=O) groups excluding carboxylic acids is 1. The third kappa shape index (κ3) is 2.84. The Morgan fingerprint density at radius 2 is 2.00 bits per heavy atom. The van der Waals surface area contributed by atoms with Crippen LogP contribution < -0.4 is 0 Å². The molecule has 0 unspecified atom stereocenters. The summed E-state index contributed by atoms with van der Waals surface area (Å²) in [5.41, 5.74) is 3.28. The van der Waals surface area contributed by atoms with Crippen LogP contribution in [-0.2, 0) is 9.63 Å². The third-order valence-electron chi connectivity index (χ3n) is 4.61. The Morgan fingerprint density at radius 1 is 1.25 bits per heavy atom. The molecule has 1 amide bonds. The van der Waals surface area contributed by atoms with Gasteiger partial charge in [-0.05, 0) is 56.7 Å². The van der Waals surface area contributed by atoms with Crippen molar-refractivity contribution in [3.8, 4) is 5.69 Å². The van der Waals surface area contributed by atoms with E-state index in [9.17, 15) is 9.18 Å². The lowest BCUT2D eigenvalue weighted by molar-refractivity contribution is -0.114. The van der Waals surface area contributed by atoms with Crippen LogP contribution in [0, 0.1) is 25.1 Å². The Balaban J connectivity index is 1.76. The summed E-state index contributed by atoms with van der Waals surface area (Å²) in [5.74, 6) is -0.196. The summed E-state index contributed by atoms with van der Waals surface area (Å²) in [6, 6.07) is 6.37. The predicted octanol–water partition coefficient (Wildman–Crippen LogP) is 4.34. The average Bonchev–Trinajstić information content (AvgIpc) is 3.13. The molecular weight excluding hydrogens is 383 g/mol. The van der Waals surface area contributed by atoms with Crippen LogP contribution in [0.3, 0.4) is 0 Å². The molecule has 0 bridgehead atoms. The molecule has 0 spiro atoms. The number of nitrogens with zero attached hydrogens (tertiary/aromatic N) is 3. The first-order valence-electron chi connectivity index (χ1n) is 8.50. The van der Waals surface area contributed by atoms with Gasteiger partial charge in [-0.1, -0.05) is 11.6 Å². The van der Waals surface area contributed by atoms with E-state index in [1.54, 1.807) is 31.2 Å². The van der Waals surface area contributed by atoms with Crippen LogP contribution in [0.4, 0.5) is 4.39 Å². The fourth-order valence-corrected chi connectivity index (χ4v) is 3.49. The van der Waals surface area contributed by atoms with Crippen molar-refractivity contribution in [1.82, 2.24) is 9.63 Å². The molecule has 1 N–H and O–H groups in total. The number of nitrogens with one attached hydrogen (secondary N) is 1. The number of rotatable bonds is 2. The SMILES string of the molecule is CC1=CC2=NC(=O)/C(=C\c3cc(C)n(-c4ccc(F)c(Cl)c4)c3C)C(=N)N2O1. The Kier molecular flexibility index (Phi) is 4.19. The summed E-state index contributed by atoms with van der Waals surface area (Å²) in [4.78, 5) is 21.9.